The van der Waals surface area contributed by atoms with Gasteiger partial charge in [0.15, 0.2) is 22.5 Å². The highest BCUT2D eigenvalue weighted by atomic mass is 35.5. The lowest BCUT2D eigenvalue weighted by atomic mass is 10.2. The lowest BCUT2D eigenvalue weighted by Crippen LogP contribution is -2.15. The second-order valence-corrected chi connectivity index (χ2v) is 7.55. The predicted octanol–water partition coefficient (Wildman–Crippen LogP) is 4.53. The Labute approximate surface area is 184 Å². The van der Waals surface area contributed by atoms with E-state index in [2.05, 4.69) is 25.6 Å². The van der Waals surface area contributed by atoms with Crippen LogP contribution < -0.4 is 5.32 Å². The Bertz CT molecular complexity index is 1220. The van der Waals surface area contributed by atoms with Crippen molar-refractivity contribution in [3.05, 3.63) is 89.0 Å². The number of hydrogen-bond donors (Lipinski definition) is 1. The van der Waals surface area contributed by atoms with Gasteiger partial charge in [0.05, 0.1) is 11.4 Å². The Kier molecular flexibility index (Phi) is 6.19. The van der Waals surface area contributed by atoms with E-state index in [1.54, 1.807) is 42.7 Å². The number of anilines is 1. The molecule has 0 aliphatic heterocycles. The smallest absolute Gasteiger partial charge is 0.278 e. The monoisotopic (exact) mass is 458 g/mol. The van der Waals surface area contributed by atoms with E-state index in [-0.39, 0.29) is 17.1 Å². The second kappa shape index (κ2) is 9.19. The van der Waals surface area contributed by atoms with Crippen LogP contribution in [0.5, 0.6) is 0 Å². The number of amides is 1. The summed E-state index contributed by atoms with van der Waals surface area (Å²) < 4.78 is 28.2. The van der Waals surface area contributed by atoms with Crippen LogP contribution in [0.2, 0.25) is 5.02 Å². The molecule has 2 heterocycles. The van der Waals surface area contributed by atoms with Crippen molar-refractivity contribution in [1.82, 2.24) is 25.0 Å². The molecule has 0 aliphatic rings. The molecule has 2 aromatic carbocycles. The van der Waals surface area contributed by atoms with E-state index >= 15 is 0 Å². The van der Waals surface area contributed by atoms with Crippen LogP contribution in [0.15, 0.2) is 66.1 Å². The lowest BCUT2D eigenvalue weighted by molar-refractivity contribution is 0.102. The van der Waals surface area contributed by atoms with Crippen LogP contribution in [0.3, 0.4) is 0 Å². The van der Waals surface area contributed by atoms with Crippen LogP contribution in [-0.2, 0) is 5.75 Å². The maximum Gasteiger partial charge on any atom is 0.278 e. The van der Waals surface area contributed by atoms with Crippen molar-refractivity contribution in [3.63, 3.8) is 0 Å². The zero-order valence-electron chi connectivity index (χ0n) is 15.7. The maximum absolute atomic E-state index is 13.5. The number of carbonyl (C=O) groups excluding carboxylic acids is 1. The summed E-state index contributed by atoms with van der Waals surface area (Å²) in [5.41, 5.74) is 1.24. The van der Waals surface area contributed by atoms with E-state index in [1.165, 1.54) is 22.5 Å². The minimum atomic E-state index is -1.07. The molecule has 0 radical (unpaired) electrons. The van der Waals surface area contributed by atoms with Gasteiger partial charge in [0, 0.05) is 34.9 Å². The van der Waals surface area contributed by atoms with Gasteiger partial charge in [-0.3, -0.25) is 4.79 Å². The third kappa shape index (κ3) is 4.86. The third-order valence-electron chi connectivity index (χ3n) is 4.11. The Morgan fingerprint density at radius 2 is 1.81 bits per heavy atom. The first-order valence-corrected chi connectivity index (χ1v) is 10.2. The van der Waals surface area contributed by atoms with E-state index in [4.69, 9.17) is 11.6 Å². The molecular formula is C20H13ClF2N6OS. The highest BCUT2D eigenvalue weighted by Gasteiger charge is 2.22. The number of hydrogen-bond acceptors (Lipinski definition) is 6. The molecule has 1 amide bonds. The Morgan fingerprint density at radius 1 is 1.06 bits per heavy atom. The zero-order chi connectivity index (χ0) is 21.8. The first-order chi connectivity index (χ1) is 15.0. The van der Waals surface area contributed by atoms with Gasteiger partial charge in [-0.05, 0) is 42.5 Å². The van der Waals surface area contributed by atoms with Crippen LogP contribution in [0.25, 0.3) is 5.69 Å². The summed E-state index contributed by atoms with van der Waals surface area (Å²) in [7, 11) is 0. The molecule has 11 heteroatoms. The molecule has 0 aliphatic carbocycles. The standard InChI is InChI=1S/C20H13ClF2N6OS/c21-12-2-5-14(6-3-12)29-17(11-31-20-24-8-1-9-25-20)18(27-28-29)19(30)26-13-4-7-15(22)16(23)10-13/h1-10H,11H2,(H,26,30). The minimum absolute atomic E-state index is 0.0307. The molecule has 0 saturated carbocycles. The minimum Gasteiger partial charge on any atom is -0.320 e. The summed E-state index contributed by atoms with van der Waals surface area (Å²) in [4.78, 5) is 21.2. The van der Waals surface area contributed by atoms with Crippen molar-refractivity contribution in [2.24, 2.45) is 0 Å². The lowest BCUT2D eigenvalue weighted by Gasteiger charge is -2.09. The third-order valence-corrected chi connectivity index (χ3v) is 5.25. The first kappa shape index (κ1) is 20.9. The molecule has 0 bridgehead atoms. The highest BCUT2D eigenvalue weighted by Crippen LogP contribution is 2.24. The number of aromatic nitrogens is 5. The van der Waals surface area contributed by atoms with E-state index in [0.717, 1.165) is 12.1 Å². The van der Waals surface area contributed by atoms with Gasteiger partial charge in [0.2, 0.25) is 0 Å². The average Bonchev–Trinajstić information content (AvgIpc) is 3.20. The number of carbonyl (C=O) groups is 1. The summed E-state index contributed by atoms with van der Waals surface area (Å²) >= 11 is 7.26. The van der Waals surface area contributed by atoms with Crippen LogP contribution >= 0.6 is 23.4 Å². The fourth-order valence-electron chi connectivity index (χ4n) is 2.65. The van der Waals surface area contributed by atoms with Gasteiger partial charge < -0.3 is 5.32 Å². The van der Waals surface area contributed by atoms with Gasteiger partial charge in [-0.25, -0.2) is 23.4 Å². The molecule has 156 valence electrons. The fraction of sp³-hybridized carbons (Fsp3) is 0.0500. The van der Waals surface area contributed by atoms with Crippen LogP contribution in [0.1, 0.15) is 16.2 Å². The Hall–Kier alpha value is -3.37. The van der Waals surface area contributed by atoms with Gasteiger partial charge in [-0.2, -0.15) is 0 Å². The summed E-state index contributed by atoms with van der Waals surface area (Å²) in [6.07, 6.45) is 3.22. The zero-order valence-corrected chi connectivity index (χ0v) is 17.2. The van der Waals surface area contributed by atoms with E-state index in [1.807, 2.05) is 0 Å². The first-order valence-electron chi connectivity index (χ1n) is 8.88. The molecule has 0 fully saturated rings. The topological polar surface area (TPSA) is 85.6 Å². The van der Waals surface area contributed by atoms with Gasteiger partial charge >= 0.3 is 0 Å². The molecule has 2 aromatic heterocycles. The summed E-state index contributed by atoms with van der Waals surface area (Å²) in [5, 5.41) is 11.7. The number of nitrogens with zero attached hydrogens (tertiary/aromatic N) is 5. The van der Waals surface area contributed by atoms with Gasteiger partial charge in [0.1, 0.15) is 0 Å². The normalized spacial score (nSPS) is 10.8. The van der Waals surface area contributed by atoms with E-state index in [9.17, 15) is 13.6 Å². The largest absolute Gasteiger partial charge is 0.320 e. The molecule has 31 heavy (non-hydrogen) atoms. The Balaban J connectivity index is 1.66. The second-order valence-electron chi connectivity index (χ2n) is 6.18. The van der Waals surface area contributed by atoms with E-state index < -0.39 is 17.5 Å². The molecule has 7 nitrogen and oxygen atoms in total. The van der Waals surface area contributed by atoms with Gasteiger partial charge in [-0.1, -0.05) is 28.6 Å². The number of nitrogens with one attached hydrogen (secondary N) is 1. The highest BCUT2D eigenvalue weighted by molar-refractivity contribution is 7.98. The average molecular weight is 459 g/mol. The SMILES string of the molecule is O=C(Nc1ccc(F)c(F)c1)c1nnn(-c2ccc(Cl)cc2)c1CSc1ncccn1. The number of benzene rings is 2. The number of halogens is 3. The van der Waals surface area contributed by atoms with Gasteiger partial charge in [-0.15, -0.1) is 5.10 Å². The molecule has 0 atom stereocenters. The molecule has 1 N–H and O–H groups in total. The maximum atomic E-state index is 13.5. The number of rotatable bonds is 6. The van der Waals surface area contributed by atoms with Crippen molar-refractivity contribution in [1.29, 1.82) is 0 Å². The molecule has 0 spiro atoms. The summed E-state index contributed by atoms with van der Waals surface area (Å²) in [6.45, 7) is 0. The molecule has 4 aromatic rings. The molecule has 0 saturated heterocycles. The van der Waals surface area contributed by atoms with Crippen molar-refractivity contribution in [2.75, 3.05) is 5.32 Å². The van der Waals surface area contributed by atoms with E-state index in [0.29, 0.717) is 21.6 Å². The summed E-state index contributed by atoms with van der Waals surface area (Å²) in [5.74, 6) is -2.41. The number of thioether (sulfide) groups is 1. The molecular weight excluding hydrogens is 446 g/mol. The van der Waals surface area contributed by atoms with Crippen molar-refractivity contribution in [2.45, 2.75) is 10.9 Å². The van der Waals surface area contributed by atoms with Crippen LogP contribution in [0.4, 0.5) is 14.5 Å². The van der Waals surface area contributed by atoms with Crippen LogP contribution in [0, 0.1) is 11.6 Å². The van der Waals surface area contributed by atoms with Crippen LogP contribution in [-0.4, -0.2) is 30.9 Å². The van der Waals surface area contributed by atoms with Gasteiger partial charge in [0.25, 0.3) is 5.91 Å². The quantitative estimate of drug-likeness (QED) is 0.337. The van der Waals surface area contributed by atoms with Crippen molar-refractivity contribution in [3.8, 4) is 5.69 Å². The Morgan fingerprint density at radius 3 is 2.52 bits per heavy atom. The summed E-state index contributed by atoms with van der Waals surface area (Å²) in [6, 6.07) is 11.6. The molecule has 4 rings (SSSR count). The van der Waals surface area contributed by atoms with Crippen molar-refractivity contribution < 1.29 is 13.6 Å². The van der Waals surface area contributed by atoms with Crippen molar-refractivity contribution >= 4 is 35.0 Å². The predicted molar refractivity (Wildman–Crippen MR) is 112 cm³/mol. The fourth-order valence-corrected chi connectivity index (χ4v) is 3.58. The molecule has 0 unspecified atom stereocenters.